The number of aliphatic hydroxyl groups excluding tert-OH is 2. The van der Waals surface area contributed by atoms with E-state index in [-0.39, 0.29) is 24.4 Å². The number of alkyl halides is 2. The number of allylic oxidation sites excluding steroid dienone is 8. The first-order valence-electron chi connectivity index (χ1n) is 20.0. The van der Waals surface area contributed by atoms with Gasteiger partial charge in [-0.1, -0.05) is 51.0 Å². The molecule has 0 aromatic rings. The van der Waals surface area contributed by atoms with Crippen LogP contribution in [0.1, 0.15) is 99.3 Å². The highest BCUT2D eigenvalue weighted by atomic mass is 19.1. The fourth-order valence-corrected chi connectivity index (χ4v) is 14.7. The van der Waals surface area contributed by atoms with Crippen LogP contribution in [-0.2, 0) is 19.2 Å². The molecule has 0 bridgehead atoms. The van der Waals surface area contributed by atoms with Gasteiger partial charge in [-0.05, 0) is 113 Å². The molecule has 0 amide bonds. The minimum Gasteiger partial charge on any atom is -0.390 e. The molecule has 0 heterocycles. The lowest BCUT2D eigenvalue weighted by molar-refractivity contribution is -0.219. The van der Waals surface area contributed by atoms with E-state index < -0.39 is 110 Å². The summed E-state index contributed by atoms with van der Waals surface area (Å²) in [6, 6.07) is 0. The van der Waals surface area contributed by atoms with Crippen LogP contribution in [0.5, 0.6) is 0 Å². The van der Waals surface area contributed by atoms with E-state index in [0.717, 1.165) is 6.42 Å². The molecule has 4 N–H and O–H groups in total. The largest absolute Gasteiger partial charge is 0.390 e. The zero-order valence-corrected chi connectivity index (χ0v) is 32.2. The molecule has 54 heavy (non-hydrogen) atoms. The van der Waals surface area contributed by atoms with Crippen LogP contribution < -0.4 is 0 Å². The maximum atomic E-state index is 17.6. The first kappa shape index (κ1) is 38.2. The number of rotatable bonds is 5. The lowest BCUT2D eigenvalue weighted by atomic mass is 9.44. The van der Waals surface area contributed by atoms with E-state index >= 15 is 8.78 Å². The molecule has 293 valence electrons. The molecular weight excluding hydrogens is 694 g/mol. The fourth-order valence-electron chi connectivity index (χ4n) is 14.7. The second-order valence-corrected chi connectivity index (χ2v) is 19.5. The fraction of sp³-hybridized carbons (Fsp3) is 0.705. The van der Waals surface area contributed by atoms with Crippen LogP contribution in [0.4, 0.5) is 8.78 Å². The molecule has 8 nitrogen and oxygen atoms in total. The number of ketones is 4. The van der Waals surface area contributed by atoms with E-state index in [9.17, 15) is 39.6 Å². The quantitative estimate of drug-likeness (QED) is 0.292. The van der Waals surface area contributed by atoms with Crippen molar-refractivity contribution in [2.24, 2.45) is 57.2 Å². The molecule has 10 heteroatoms. The van der Waals surface area contributed by atoms with Crippen LogP contribution in [0.25, 0.3) is 0 Å². The number of carbonyl (C=O) groups excluding carboxylic acids is 4. The monoisotopic (exact) mass is 749 g/mol. The van der Waals surface area contributed by atoms with Gasteiger partial charge in [-0.3, -0.25) is 19.2 Å². The number of aliphatic hydroxyl groups is 4. The van der Waals surface area contributed by atoms with Gasteiger partial charge in [0.1, 0.15) is 11.2 Å². The van der Waals surface area contributed by atoms with Gasteiger partial charge in [-0.25, -0.2) is 8.78 Å². The molecule has 0 saturated heterocycles. The highest BCUT2D eigenvalue weighted by Crippen LogP contribution is 2.73. The Labute approximate surface area is 316 Å². The molecule has 8 aliphatic rings. The molecule has 8 aliphatic carbocycles. The third kappa shape index (κ3) is 4.17. The molecule has 0 spiro atoms. The summed E-state index contributed by atoms with van der Waals surface area (Å²) in [7, 11) is 0. The van der Waals surface area contributed by atoms with E-state index in [4.69, 9.17) is 0 Å². The van der Waals surface area contributed by atoms with Crippen LogP contribution >= 0.6 is 0 Å². The smallest absolute Gasteiger partial charge is 0.178 e. The normalized spacial score (nSPS) is 54.4. The first-order chi connectivity index (χ1) is 25.0. The Morgan fingerprint density at radius 3 is 1.57 bits per heavy atom. The van der Waals surface area contributed by atoms with E-state index in [1.807, 2.05) is 0 Å². The Bertz CT molecular complexity index is 1740. The number of halogens is 2. The van der Waals surface area contributed by atoms with Gasteiger partial charge in [-0.15, -0.1) is 0 Å². The minimum atomic E-state index is -2.12. The average molecular weight is 750 g/mol. The zero-order valence-electron chi connectivity index (χ0n) is 32.2. The molecule has 6 fully saturated rings. The van der Waals surface area contributed by atoms with E-state index in [1.165, 1.54) is 24.3 Å². The Morgan fingerprint density at radius 1 is 0.722 bits per heavy atom. The van der Waals surface area contributed by atoms with Gasteiger partial charge < -0.3 is 20.4 Å². The van der Waals surface area contributed by atoms with Gasteiger partial charge >= 0.3 is 0 Å². The van der Waals surface area contributed by atoms with Gasteiger partial charge in [0.25, 0.3) is 0 Å². The third-order valence-corrected chi connectivity index (χ3v) is 17.7. The predicted octanol–water partition coefficient (Wildman–Crippen LogP) is 5.41. The van der Waals surface area contributed by atoms with Gasteiger partial charge in [0.15, 0.2) is 34.5 Å². The summed E-state index contributed by atoms with van der Waals surface area (Å²) in [4.78, 5) is 53.2. The number of Topliss-reactive ketones (excluding diaryl/α,β-unsaturated/α-hetero) is 2. The first-order valence-corrected chi connectivity index (χ1v) is 20.0. The van der Waals surface area contributed by atoms with Crippen molar-refractivity contribution in [1.29, 1.82) is 0 Å². The molecule has 1 radical (unpaired) electrons. The standard InChI is InChI=1S/C44H55F2O8/c1-23-17-31-29-9-7-25-19-27(47)13-15-37(25,3)41(29,45)35(51)21-39(31,5)43(23,53)33(49)11-12-34(50)44(54)24(2)18-32-30-10-8-26-20-28(48)14-16-38(26,4)42(30,46)36(52)22-40(32,44)6/h11,13-16,19-20,23-24,29-32,35-36,51-54H,7-10,12,17-18,21-22H2,1-6H3/t23-,24+,29?,30?,31?,32?,35+,36-,37+,38-,39+,40-,41+,42-,43+,44-/m0/s1. The maximum Gasteiger partial charge on any atom is 0.178 e. The van der Waals surface area contributed by atoms with Crippen molar-refractivity contribution in [3.05, 3.63) is 54.0 Å². The summed E-state index contributed by atoms with van der Waals surface area (Å²) in [5.41, 5.74) is -11.9. The summed E-state index contributed by atoms with van der Waals surface area (Å²) in [6.07, 6.45) is 8.16. The predicted molar refractivity (Wildman–Crippen MR) is 195 cm³/mol. The summed E-state index contributed by atoms with van der Waals surface area (Å²) < 4.78 is 35.3. The molecule has 8 rings (SSSR count). The minimum absolute atomic E-state index is 0.194. The molecular formula is C44H55F2O8. The molecule has 0 aromatic heterocycles. The number of carbonyl (C=O) groups is 4. The summed E-state index contributed by atoms with van der Waals surface area (Å²) in [5, 5.41) is 48.4. The maximum absolute atomic E-state index is 17.6. The van der Waals surface area contributed by atoms with Crippen molar-refractivity contribution in [1.82, 2.24) is 0 Å². The highest BCUT2D eigenvalue weighted by molar-refractivity contribution is 6.03. The van der Waals surface area contributed by atoms with Gasteiger partial charge in [0, 0.05) is 46.3 Å². The van der Waals surface area contributed by atoms with Crippen molar-refractivity contribution in [3.63, 3.8) is 0 Å². The molecule has 0 aliphatic heterocycles. The summed E-state index contributed by atoms with van der Waals surface area (Å²) >= 11 is 0. The summed E-state index contributed by atoms with van der Waals surface area (Å²) in [6.45, 7) is 10.4. The molecule has 16 atom stereocenters. The average Bonchev–Trinajstić information content (AvgIpc) is 3.44. The zero-order chi connectivity index (χ0) is 39.4. The van der Waals surface area contributed by atoms with Crippen molar-refractivity contribution < 1.29 is 48.4 Å². The van der Waals surface area contributed by atoms with Crippen LogP contribution in [0.3, 0.4) is 0 Å². The second-order valence-electron chi connectivity index (χ2n) is 19.5. The Kier molecular flexibility index (Phi) is 8.12. The van der Waals surface area contributed by atoms with Crippen molar-refractivity contribution >= 4 is 23.1 Å². The van der Waals surface area contributed by atoms with E-state index in [2.05, 4.69) is 0 Å². The SMILES string of the molecule is C[C@@H]1CC2C3CCC4=CC(=O)C=C[C@]4(C)[C@@]3(F)[C@@H](O)C[C@]2(C)[C@@]1(O)C(=O)C[CH]C(=O)[C@]1(O)[C@@H](C)CC2C3CCC4=CC(=O)C=C[C@@]4(C)[C@]3(F)[C@H](O)C[C@]21C. The Morgan fingerprint density at radius 2 is 1.13 bits per heavy atom. The van der Waals surface area contributed by atoms with Gasteiger partial charge in [-0.2, -0.15) is 0 Å². The van der Waals surface area contributed by atoms with Crippen molar-refractivity contribution in [3.8, 4) is 0 Å². The topological polar surface area (TPSA) is 149 Å². The van der Waals surface area contributed by atoms with Crippen LogP contribution in [0, 0.1) is 63.6 Å². The van der Waals surface area contributed by atoms with Crippen molar-refractivity contribution in [2.75, 3.05) is 0 Å². The van der Waals surface area contributed by atoms with E-state index in [0.29, 0.717) is 49.7 Å². The Hall–Kier alpha value is -2.66. The van der Waals surface area contributed by atoms with Crippen molar-refractivity contribution in [2.45, 2.75) is 134 Å². The number of hydrogen-bond acceptors (Lipinski definition) is 8. The second kappa shape index (κ2) is 11.5. The van der Waals surface area contributed by atoms with Crippen LogP contribution in [0.2, 0.25) is 0 Å². The van der Waals surface area contributed by atoms with Crippen LogP contribution in [-0.4, -0.2) is 78.3 Å². The highest BCUT2D eigenvalue weighted by Gasteiger charge is 2.77. The molecule has 4 unspecified atom stereocenters. The third-order valence-electron chi connectivity index (χ3n) is 17.7. The van der Waals surface area contributed by atoms with Gasteiger partial charge in [0.05, 0.1) is 12.2 Å². The Balaban J connectivity index is 1.04. The van der Waals surface area contributed by atoms with E-state index in [1.54, 1.807) is 53.7 Å². The lowest BCUT2D eigenvalue weighted by Gasteiger charge is -2.62. The number of fused-ring (bicyclic) bond motifs is 10. The van der Waals surface area contributed by atoms with Crippen LogP contribution in [0.15, 0.2) is 47.6 Å². The molecule has 0 aromatic carbocycles. The van der Waals surface area contributed by atoms with Gasteiger partial charge in [0.2, 0.25) is 0 Å². The summed E-state index contributed by atoms with van der Waals surface area (Å²) in [5.74, 6) is -5.38. The molecule has 6 saturated carbocycles. The number of hydrogen-bond donors (Lipinski definition) is 4. The lowest BCUT2D eigenvalue weighted by Crippen LogP contribution is -2.69.